The van der Waals surface area contributed by atoms with E-state index in [4.69, 9.17) is 0 Å². The van der Waals surface area contributed by atoms with E-state index in [0.29, 0.717) is 18.5 Å². The smallest absolute Gasteiger partial charge is 0.234 e. The van der Waals surface area contributed by atoms with Crippen molar-refractivity contribution in [3.8, 4) is 0 Å². The molecule has 2 atom stereocenters. The number of aryl methyl sites for hydroxylation is 1. The molecule has 7 heteroatoms. The van der Waals surface area contributed by atoms with Gasteiger partial charge in [-0.15, -0.1) is 24.0 Å². The van der Waals surface area contributed by atoms with E-state index >= 15 is 0 Å². The first-order valence-corrected chi connectivity index (χ1v) is 10.0. The van der Waals surface area contributed by atoms with Crippen LogP contribution in [0.2, 0.25) is 0 Å². The fourth-order valence-corrected chi connectivity index (χ4v) is 3.85. The predicted octanol–water partition coefficient (Wildman–Crippen LogP) is 2.19. The van der Waals surface area contributed by atoms with Crippen LogP contribution in [-0.4, -0.2) is 73.5 Å². The molecule has 2 N–H and O–H groups in total. The fourth-order valence-electron chi connectivity index (χ4n) is 3.85. The van der Waals surface area contributed by atoms with E-state index in [1.54, 1.807) is 0 Å². The molecule has 2 fully saturated rings. The number of guanidine groups is 1. The van der Waals surface area contributed by atoms with E-state index in [1.807, 2.05) is 20.9 Å². The predicted molar refractivity (Wildman–Crippen MR) is 126 cm³/mol. The van der Waals surface area contributed by atoms with Gasteiger partial charge in [0.25, 0.3) is 0 Å². The minimum Gasteiger partial charge on any atom is -0.353 e. The Balaban J connectivity index is 0.00000280. The Labute approximate surface area is 186 Å². The summed E-state index contributed by atoms with van der Waals surface area (Å²) in [6, 6.07) is 9.32. The molecule has 1 aliphatic carbocycles. The van der Waals surface area contributed by atoms with Gasteiger partial charge in [0.2, 0.25) is 5.91 Å². The number of carbonyl (C=O) groups excluding carboxylic acids is 1. The first-order chi connectivity index (χ1) is 13.0. The van der Waals surface area contributed by atoms with Gasteiger partial charge in [0.05, 0.1) is 6.54 Å². The van der Waals surface area contributed by atoms with Crippen molar-refractivity contribution < 1.29 is 4.79 Å². The zero-order valence-corrected chi connectivity index (χ0v) is 19.8. The molecule has 1 saturated heterocycles. The molecule has 1 amide bonds. The van der Waals surface area contributed by atoms with Gasteiger partial charge in [0.1, 0.15) is 0 Å². The monoisotopic (exact) mass is 499 g/mol. The number of hydrogen-bond donors (Lipinski definition) is 2. The molecule has 1 saturated carbocycles. The molecule has 1 aromatic carbocycles. The third-order valence-corrected chi connectivity index (χ3v) is 5.39. The molecule has 2 aliphatic rings. The Hall–Kier alpha value is -1.35. The van der Waals surface area contributed by atoms with Gasteiger partial charge < -0.3 is 15.5 Å². The van der Waals surface area contributed by atoms with Crippen LogP contribution in [-0.2, 0) is 4.79 Å². The molecule has 0 radical (unpaired) electrons. The van der Waals surface area contributed by atoms with Crippen molar-refractivity contribution in [1.29, 1.82) is 0 Å². The second-order valence-electron chi connectivity index (χ2n) is 7.98. The lowest BCUT2D eigenvalue weighted by Gasteiger charge is -2.36. The van der Waals surface area contributed by atoms with Crippen molar-refractivity contribution in [1.82, 2.24) is 20.4 Å². The summed E-state index contributed by atoms with van der Waals surface area (Å²) in [7, 11) is 1.86. The van der Waals surface area contributed by atoms with Crippen LogP contribution in [0.5, 0.6) is 0 Å². The molecule has 0 spiro atoms. The van der Waals surface area contributed by atoms with E-state index in [0.717, 1.165) is 32.1 Å². The number of carbonyl (C=O) groups is 1. The van der Waals surface area contributed by atoms with Gasteiger partial charge in [-0.05, 0) is 38.3 Å². The van der Waals surface area contributed by atoms with Crippen molar-refractivity contribution >= 4 is 35.8 Å². The molecule has 1 aromatic rings. The number of amides is 1. The SMILES string of the molecule is CN=C(NC1CC1c1ccccc1C)N1CCN(CC(=O)NC(C)C)CC1.I. The summed E-state index contributed by atoms with van der Waals surface area (Å²) >= 11 is 0. The summed E-state index contributed by atoms with van der Waals surface area (Å²) in [6.07, 6.45) is 1.17. The van der Waals surface area contributed by atoms with Crippen LogP contribution < -0.4 is 10.6 Å². The van der Waals surface area contributed by atoms with Gasteiger partial charge in [-0.25, -0.2) is 0 Å². The van der Waals surface area contributed by atoms with E-state index in [1.165, 1.54) is 17.5 Å². The van der Waals surface area contributed by atoms with Gasteiger partial charge in [-0.3, -0.25) is 14.7 Å². The molecule has 2 unspecified atom stereocenters. The molecule has 0 aromatic heterocycles. The summed E-state index contributed by atoms with van der Waals surface area (Å²) in [6.45, 7) is 10.2. The molecule has 0 bridgehead atoms. The average molecular weight is 499 g/mol. The molecule has 28 heavy (non-hydrogen) atoms. The second kappa shape index (κ2) is 10.4. The molecule has 1 aliphatic heterocycles. The first kappa shape index (κ1) is 22.9. The van der Waals surface area contributed by atoms with Crippen LogP contribution in [0, 0.1) is 6.92 Å². The van der Waals surface area contributed by atoms with Crippen molar-refractivity contribution in [3.63, 3.8) is 0 Å². The zero-order chi connectivity index (χ0) is 19.4. The van der Waals surface area contributed by atoms with Crippen molar-refractivity contribution in [2.24, 2.45) is 4.99 Å². The molecular formula is C21H34IN5O. The summed E-state index contributed by atoms with van der Waals surface area (Å²) in [5.41, 5.74) is 2.82. The maximum Gasteiger partial charge on any atom is 0.234 e. The third-order valence-electron chi connectivity index (χ3n) is 5.39. The standard InChI is InChI=1S/C21H33N5O.HI/c1-15(2)23-20(27)14-25-9-11-26(12-10-25)21(22-4)24-19-13-18(19)17-8-6-5-7-16(17)3;/h5-8,15,18-19H,9-14H2,1-4H3,(H,22,24)(H,23,27);1H. The van der Waals surface area contributed by atoms with Gasteiger partial charge in [0, 0.05) is 51.2 Å². The van der Waals surface area contributed by atoms with Crippen molar-refractivity contribution in [2.75, 3.05) is 39.8 Å². The van der Waals surface area contributed by atoms with Crippen LogP contribution in [0.4, 0.5) is 0 Å². The summed E-state index contributed by atoms with van der Waals surface area (Å²) in [5.74, 6) is 1.69. The maximum atomic E-state index is 11.9. The number of nitrogens with one attached hydrogen (secondary N) is 2. The molecule has 1 heterocycles. The number of hydrogen-bond acceptors (Lipinski definition) is 3. The van der Waals surface area contributed by atoms with Crippen molar-refractivity contribution in [2.45, 2.75) is 45.2 Å². The lowest BCUT2D eigenvalue weighted by atomic mass is 10.0. The van der Waals surface area contributed by atoms with Crippen LogP contribution in [0.15, 0.2) is 29.3 Å². The Morgan fingerprint density at radius 3 is 2.50 bits per heavy atom. The molecule has 6 nitrogen and oxygen atoms in total. The van der Waals surface area contributed by atoms with E-state index in [2.05, 4.69) is 56.6 Å². The summed E-state index contributed by atoms with van der Waals surface area (Å²) < 4.78 is 0. The van der Waals surface area contributed by atoms with Gasteiger partial charge in [-0.1, -0.05) is 24.3 Å². The highest BCUT2D eigenvalue weighted by Gasteiger charge is 2.40. The number of halogens is 1. The van der Waals surface area contributed by atoms with E-state index < -0.39 is 0 Å². The highest BCUT2D eigenvalue weighted by molar-refractivity contribution is 14.0. The minimum atomic E-state index is 0. The zero-order valence-electron chi connectivity index (χ0n) is 17.4. The number of aliphatic imine (C=N–C) groups is 1. The topological polar surface area (TPSA) is 60.0 Å². The number of rotatable bonds is 5. The van der Waals surface area contributed by atoms with E-state index in [-0.39, 0.29) is 35.9 Å². The lowest BCUT2D eigenvalue weighted by molar-refractivity contribution is -0.123. The highest BCUT2D eigenvalue weighted by Crippen LogP contribution is 2.42. The largest absolute Gasteiger partial charge is 0.353 e. The quantitative estimate of drug-likeness (QED) is 0.371. The lowest BCUT2D eigenvalue weighted by Crippen LogP contribution is -2.54. The van der Waals surface area contributed by atoms with Crippen LogP contribution in [0.25, 0.3) is 0 Å². The van der Waals surface area contributed by atoms with Crippen molar-refractivity contribution in [3.05, 3.63) is 35.4 Å². The summed E-state index contributed by atoms with van der Waals surface area (Å²) in [4.78, 5) is 21.0. The van der Waals surface area contributed by atoms with Crippen LogP contribution in [0.1, 0.15) is 37.3 Å². The number of nitrogens with zero attached hydrogens (tertiary/aromatic N) is 3. The highest BCUT2D eigenvalue weighted by atomic mass is 127. The molecular weight excluding hydrogens is 465 g/mol. The maximum absolute atomic E-state index is 11.9. The third kappa shape index (κ3) is 6.07. The number of piperazine rings is 1. The molecule has 156 valence electrons. The van der Waals surface area contributed by atoms with Gasteiger partial charge >= 0.3 is 0 Å². The first-order valence-electron chi connectivity index (χ1n) is 10.0. The normalized spacial score (nSPS) is 22.6. The Kier molecular flexibility index (Phi) is 8.55. The van der Waals surface area contributed by atoms with Crippen LogP contribution >= 0.6 is 24.0 Å². The average Bonchev–Trinajstić information content (AvgIpc) is 3.39. The second-order valence-corrected chi connectivity index (χ2v) is 7.98. The Bertz CT molecular complexity index is 685. The van der Waals surface area contributed by atoms with Crippen LogP contribution in [0.3, 0.4) is 0 Å². The van der Waals surface area contributed by atoms with E-state index in [9.17, 15) is 4.79 Å². The Morgan fingerprint density at radius 2 is 1.89 bits per heavy atom. The summed E-state index contributed by atoms with van der Waals surface area (Å²) in [5, 5.41) is 6.61. The van der Waals surface area contributed by atoms with Gasteiger partial charge in [0.15, 0.2) is 5.96 Å². The molecule has 3 rings (SSSR count). The Morgan fingerprint density at radius 1 is 1.21 bits per heavy atom. The minimum absolute atomic E-state index is 0. The van der Waals surface area contributed by atoms with Gasteiger partial charge in [-0.2, -0.15) is 0 Å². The fraction of sp³-hybridized carbons (Fsp3) is 0.619. The number of benzene rings is 1.